The largest absolute Gasteiger partial charge is 0.496 e. The van der Waals surface area contributed by atoms with Gasteiger partial charge >= 0.3 is 0 Å². The molecule has 2 aliphatic rings. The molecule has 4 heterocycles. The number of piperidine rings is 1. The lowest BCUT2D eigenvalue weighted by atomic mass is 9.77. The smallest absolute Gasteiger partial charge is 0.289 e. The number of methoxy groups -OCH3 is 1. The Labute approximate surface area is 214 Å². The van der Waals surface area contributed by atoms with E-state index in [0.29, 0.717) is 49.7 Å². The SMILES string of the molecule is COc1cc(N2CCC3(CCN(C(=O)c4ccc(-c5ccccc5)o4)CC3)C2=O)ccc1-c1cn[nH]c1. The predicted molar refractivity (Wildman–Crippen MR) is 139 cm³/mol. The van der Waals surface area contributed by atoms with Crippen molar-refractivity contribution in [3.05, 3.63) is 78.8 Å². The summed E-state index contributed by atoms with van der Waals surface area (Å²) < 4.78 is 11.5. The van der Waals surface area contributed by atoms with E-state index in [2.05, 4.69) is 10.2 Å². The Balaban J connectivity index is 1.14. The van der Waals surface area contributed by atoms with Crippen LogP contribution >= 0.6 is 0 Å². The zero-order valence-corrected chi connectivity index (χ0v) is 20.6. The molecule has 2 aromatic carbocycles. The Morgan fingerprint density at radius 1 is 1.00 bits per heavy atom. The molecule has 8 nitrogen and oxygen atoms in total. The minimum Gasteiger partial charge on any atom is -0.496 e. The number of rotatable bonds is 5. The lowest BCUT2D eigenvalue weighted by Gasteiger charge is -2.37. The number of anilines is 1. The summed E-state index contributed by atoms with van der Waals surface area (Å²) in [5.41, 5.74) is 3.17. The van der Waals surface area contributed by atoms with Crippen molar-refractivity contribution >= 4 is 17.5 Å². The summed E-state index contributed by atoms with van der Waals surface area (Å²) in [6.45, 7) is 1.71. The van der Waals surface area contributed by atoms with Gasteiger partial charge in [0.25, 0.3) is 5.91 Å². The average Bonchev–Trinajstić information content (AvgIpc) is 3.71. The van der Waals surface area contributed by atoms with E-state index in [4.69, 9.17) is 9.15 Å². The van der Waals surface area contributed by atoms with Gasteiger partial charge < -0.3 is 19.0 Å². The van der Waals surface area contributed by atoms with E-state index in [0.717, 1.165) is 28.8 Å². The van der Waals surface area contributed by atoms with Crippen molar-refractivity contribution in [1.82, 2.24) is 15.1 Å². The van der Waals surface area contributed by atoms with E-state index < -0.39 is 5.41 Å². The van der Waals surface area contributed by atoms with Crippen molar-refractivity contribution in [1.29, 1.82) is 0 Å². The van der Waals surface area contributed by atoms with Crippen LogP contribution in [0.3, 0.4) is 0 Å². The first-order valence-corrected chi connectivity index (χ1v) is 12.5. The summed E-state index contributed by atoms with van der Waals surface area (Å²) in [5, 5.41) is 6.84. The Hall–Kier alpha value is -4.33. The molecule has 0 atom stereocenters. The fourth-order valence-corrected chi connectivity index (χ4v) is 5.52. The van der Waals surface area contributed by atoms with Gasteiger partial charge in [-0.05, 0) is 43.5 Å². The van der Waals surface area contributed by atoms with Gasteiger partial charge in [-0.25, -0.2) is 0 Å². The van der Waals surface area contributed by atoms with Crippen molar-refractivity contribution < 1.29 is 18.7 Å². The van der Waals surface area contributed by atoms with Gasteiger partial charge in [0.05, 0.1) is 18.7 Å². The summed E-state index contributed by atoms with van der Waals surface area (Å²) in [6, 6.07) is 19.1. The number of furan rings is 1. The molecule has 0 radical (unpaired) electrons. The van der Waals surface area contributed by atoms with Crippen molar-refractivity contribution in [3.8, 4) is 28.2 Å². The fourth-order valence-electron chi connectivity index (χ4n) is 5.52. The molecule has 188 valence electrons. The van der Waals surface area contributed by atoms with Crippen molar-refractivity contribution in [2.24, 2.45) is 5.41 Å². The number of ether oxygens (including phenoxy) is 1. The number of H-pyrrole nitrogens is 1. The normalized spacial score (nSPS) is 16.9. The van der Waals surface area contributed by atoms with Gasteiger partial charge in [0.15, 0.2) is 5.76 Å². The monoisotopic (exact) mass is 496 g/mol. The van der Waals surface area contributed by atoms with Crippen LogP contribution in [-0.4, -0.2) is 53.7 Å². The molecule has 0 unspecified atom stereocenters. The van der Waals surface area contributed by atoms with Crippen LogP contribution in [0, 0.1) is 5.41 Å². The Morgan fingerprint density at radius 3 is 2.51 bits per heavy atom. The van der Waals surface area contributed by atoms with Crippen molar-refractivity contribution in [3.63, 3.8) is 0 Å². The maximum absolute atomic E-state index is 13.7. The lowest BCUT2D eigenvalue weighted by molar-refractivity contribution is -0.127. The van der Waals surface area contributed by atoms with E-state index in [9.17, 15) is 9.59 Å². The van der Waals surface area contributed by atoms with Gasteiger partial charge in [-0.3, -0.25) is 14.7 Å². The first-order valence-electron chi connectivity index (χ1n) is 12.5. The van der Waals surface area contributed by atoms with Gasteiger partial charge in [-0.2, -0.15) is 5.10 Å². The maximum Gasteiger partial charge on any atom is 0.289 e. The molecule has 0 saturated carbocycles. The molecule has 2 fully saturated rings. The zero-order chi connectivity index (χ0) is 25.4. The van der Waals surface area contributed by atoms with E-state index in [-0.39, 0.29) is 11.8 Å². The van der Waals surface area contributed by atoms with Crippen LogP contribution in [0.15, 0.2) is 77.5 Å². The second-order valence-electron chi connectivity index (χ2n) is 9.68. The quantitative estimate of drug-likeness (QED) is 0.420. The molecule has 1 N–H and O–H groups in total. The number of nitrogens with zero attached hydrogens (tertiary/aromatic N) is 3. The molecule has 0 aliphatic carbocycles. The third-order valence-corrected chi connectivity index (χ3v) is 7.70. The number of carbonyl (C=O) groups is 2. The highest BCUT2D eigenvalue weighted by molar-refractivity contribution is 6.01. The highest BCUT2D eigenvalue weighted by atomic mass is 16.5. The first-order chi connectivity index (χ1) is 18.1. The van der Waals surface area contributed by atoms with Crippen LogP contribution in [0.1, 0.15) is 29.8 Å². The van der Waals surface area contributed by atoms with Crippen LogP contribution in [0.2, 0.25) is 0 Å². The van der Waals surface area contributed by atoms with Crippen LogP contribution < -0.4 is 9.64 Å². The van der Waals surface area contributed by atoms with Crippen LogP contribution in [-0.2, 0) is 4.79 Å². The van der Waals surface area contributed by atoms with Gasteiger partial charge in [-0.15, -0.1) is 0 Å². The average molecular weight is 497 g/mol. The molecule has 0 bridgehead atoms. The molecule has 37 heavy (non-hydrogen) atoms. The minimum atomic E-state index is -0.439. The van der Waals surface area contributed by atoms with E-state index >= 15 is 0 Å². The number of nitrogens with one attached hydrogen (secondary N) is 1. The second-order valence-corrected chi connectivity index (χ2v) is 9.68. The van der Waals surface area contributed by atoms with Crippen molar-refractivity contribution in [2.45, 2.75) is 19.3 Å². The molecule has 2 amide bonds. The summed E-state index contributed by atoms with van der Waals surface area (Å²) in [6.07, 6.45) is 5.62. The summed E-state index contributed by atoms with van der Waals surface area (Å²) in [5.74, 6) is 1.70. The van der Waals surface area contributed by atoms with E-state index in [1.165, 1.54) is 0 Å². The number of aromatic amines is 1. The third-order valence-electron chi connectivity index (χ3n) is 7.70. The Bertz CT molecular complexity index is 1420. The van der Waals surface area contributed by atoms with Crippen LogP contribution in [0.5, 0.6) is 5.75 Å². The summed E-state index contributed by atoms with van der Waals surface area (Å²) in [4.78, 5) is 30.4. The van der Waals surface area contributed by atoms with Gasteiger partial charge in [0, 0.05) is 54.3 Å². The Morgan fingerprint density at radius 2 is 1.78 bits per heavy atom. The van der Waals surface area contributed by atoms with Gasteiger partial charge in [-0.1, -0.05) is 30.3 Å². The summed E-state index contributed by atoms with van der Waals surface area (Å²) in [7, 11) is 1.63. The van der Waals surface area contributed by atoms with Gasteiger partial charge in [0.2, 0.25) is 5.91 Å². The van der Waals surface area contributed by atoms with Gasteiger partial charge in [0.1, 0.15) is 11.5 Å². The van der Waals surface area contributed by atoms with E-state index in [1.54, 1.807) is 24.3 Å². The second kappa shape index (κ2) is 9.28. The lowest BCUT2D eigenvalue weighted by Crippen LogP contribution is -2.46. The number of amides is 2. The highest BCUT2D eigenvalue weighted by Gasteiger charge is 2.49. The number of hydrogen-bond donors (Lipinski definition) is 1. The zero-order valence-electron chi connectivity index (χ0n) is 20.6. The molecule has 8 heteroatoms. The number of benzene rings is 2. The topological polar surface area (TPSA) is 91.7 Å². The maximum atomic E-state index is 13.7. The molecule has 2 aromatic heterocycles. The highest BCUT2D eigenvalue weighted by Crippen LogP contribution is 2.44. The third kappa shape index (κ3) is 4.08. The Kier molecular flexibility index (Phi) is 5.79. The standard InChI is InChI=1S/C29H28N4O4/c1-36-26-17-22(7-8-23(26)21-18-30-31-19-21)33-16-13-29(28(33)35)11-14-32(15-12-29)27(34)25-10-9-24(37-25)20-5-3-2-4-6-20/h2-10,17-19H,11-16H2,1H3,(H,30,31). The molecular formula is C29H28N4O4. The molecule has 2 saturated heterocycles. The van der Waals surface area contributed by atoms with Crippen LogP contribution in [0.25, 0.3) is 22.5 Å². The number of aromatic nitrogens is 2. The summed E-state index contributed by atoms with van der Waals surface area (Å²) >= 11 is 0. The van der Waals surface area contributed by atoms with Crippen molar-refractivity contribution in [2.75, 3.05) is 31.6 Å². The number of hydrogen-bond acceptors (Lipinski definition) is 5. The molecule has 1 spiro atoms. The molecule has 6 rings (SSSR count). The molecule has 2 aliphatic heterocycles. The first kappa shape index (κ1) is 23.1. The van der Waals surface area contributed by atoms with Crippen LogP contribution in [0.4, 0.5) is 5.69 Å². The molecular weight excluding hydrogens is 468 g/mol. The number of likely N-dealkylation sites (tertiary alicyclic amines) is 1. The predicted octanol–water partition coefficient (Wildman–Crippen LogP) is 5.00. The minimum absolute atomic E-state index is 0.126. The molecule has 4 aromatic rings. The number of carbonyl (C=O) groups excluding carboxylic acids is 2. The fraction of sp³-hybridized carbons (Fsp3) is 0.276. The van der Waals surface area contributed by atoms with E-state index in [1.807, 2.05) is 65.7 Å².